The summed E-state index contributed by atoms with van der Waals surface area (Å²) in [5.41, 5.74) is 0. The van der Waals surface area contributed by atoms with Gasteiger partial charge in [0.2, 0.25) is 5.91 Å². The van der Waals surface area contributed by atoms with Crippen molar-refractivity contribution in [1.82, 2.24) is 10.6 Å². The van der Waals surface area contributed by atoms with Crippen molar-refractivity contribution in [2.24, 2.45) is 0 Å². The molecule has 1 fully saturated rings. The maximum Gasteiger partial charge on any atom is 0.246 e. The zero-order valence-corrected chi connectivity index (χ0v) is 9.66. The highest BCUT2D eigenvalue weighted by Gasteiger charge is 2.13. The summed E-state index contributed by atoms with van der Waals surface area (Å²) in [5.74, 6) is -0.124. The van der Waals surface area contributed by atoms with Crippen molar-refractivity contribution in [3.63, 3.8) is 0 Å². The van der Waals surface area contributed by atoms with Crippen LogP contribution in [-0.4, -0.2) is 65.2 Å². The van der Waals surface area contributed by atoms with Gasteiger partial charge in [0.05, 0.1) is 25.9 Å². The lowest BCUT2D eigenvalue weighted by Crippen LogP contribution is -2.41. The molecule has 1 heterocycles. The first kappa shape index (κ1) is 13.4. The van der Waals surface area contributed by atoms with E-state index in [-0.39, 0.29) is 18.6 Å². The molecule has 1 aliphatic rings. The monoisotopic (exact) mass is 232 g/mol. The highest BCUT2D eigenvalue weighted by molar-refractivity contribution is 5.77. The Morgan fingerprint density at radius 2 is 2.50 bits per heavy atom. The Balaban J connectivity index is 1.94. The fourth-order valence-corrected chi connectivity index (χ4v) is 1.35. The molecule has 0 radical (unpaired) electrons. The smallest absolute Gasteiger partial charge is 0.246 e. The van der Waals surface area contributed by atoms with Crippen LogP contribution in [0.5, 0.6) is 0 Å². The Labute approximate surface area is 95.6 Å². The molecule has 0 aromatic rings. The molecule has 0 spiro atoms. The molecule has 0 aromatic carbocycles. The molecule has 1 saturated heterocycles. The first-order valence-corrected chi connectivity index (χ1v) is 5.48. The standard InChI is InChI=1S/C10H20N2O4/c1-14-4-3-12-10(13)8-15-7-9-6-11-2-5-16-9/h9,11H,2-8H2,1H3,(H,12,13). The minimum absolute atomic E-state index is 0.0560. The second-order valence-corrected chi connectivity index (χ2v) is 3.55. The predicted octanol–water partition coefficient (Wildman–Crippen LogP) is -1.25. The van der Waals surface area contributed by atoms with Gasteiger partial charge in [-0.05, 0) is 0 Å². The van der Waals surface area contributed by atoms with Gasteiger partial charge in [-0.1, -0.05) is 0 Å². The first-order chi connectivity index (χ1) is 7.83. The van der Waals surface area contributed by atoms with Crippen LogP contribution in [0, 0.1) is 0 Å². The molecule has 16 heavy (non-hydrogen) atoms. The van der Waals surface area contributed by atoms with Crippen molar-refractivity contribution < 1.29 is 19.0 Å². The lowest BCUT2D eigenvalue weighted by molar-refractivity contribution is -0.127. The summed E-state index contributed by atoms with van der Waals surface area (Å²) in [6, 6.07) is 0. The molecule has 1 rings (SSSR count). The van der Waals surface area contributed by atoms with Gasteiger partial charge in [0, 0.05) is 26.7 Å². The number of hydrogen-bond donors (Lipinski definition) is 2. The van der Waals surface area contributed by atoms with Crippen LogP contribution in [-0.2, 0) is 19.0 Å². The van der Waals surface area contributed by atoms with Crippen molar-refractivity contribution in [1.29, 1.82) is 0 Å². The molecule has 1 unspecified atom stereocenters. The fourth-order valence-electron chi connectivity index (χ4n) is 1.35. The summed E-state index contributed by atoms with van der Waals surface area (Å²) in [4.78, 5) is 11.2. The largest absolute Gasteiger partial charge is 0.383 e. The minimum Gasteiger partial charge on any atom is -0.383 e. The number of carbonyl (C=O) groups excluding carboxylic acids is 1. The van der Waals surface area contributed by atoms with E-state index in [9.17, 15) is 4.79 Å². The number of rotatable bonds is 7. The van der Waals surface area contributed by atoms with E-state index >= 15 is 0 Å². The van der Waals surface area contributed by atoms with E-state index in [0.29, 0.717) is 26.4 Å². The molecule has 0 bridgehead atoms. The van der Waals surface area contributed by atoms with Crippen LogP contribution in [0.3, 0.4) is 0 Å². The van der Waals surface area contributed by atoms with Crippen molar-refractivity contribution in [3.8, 4) is 0 Å². The fraction of sp³-hybridized carbons (Fsp3) is 0.900. The number of ether oxygens (including phenoxy) is 3. The number of carbonyl (C=O) groups is 1. The van der Waals surface area contributed by atoms with Crippen LogP contribution in [0.25, 0.3) is 0 Å². The third-order valence-corrected chi connectivity index (χ3v) is 2.17. The van der Waals surface area contributed by atoms with Crippen molar-refractivity contribution >= 4 is 5.91 Å². The average molecular weight is 232 g/mol. The molecule has 94 valence electrons. The molecular formula is C10H20N2O4. The molecule has 1 aliphatic heterocycles. The molecule has 1 atom stereocenters. The van der Waals surface area contributed by atoms with E-state index in [4.69, 9.17) is 14.2 Å². The van der Waals surface area contributed by atoms with Gasteiger partial charge in [-0.2, -0.15) is 0 Å². The van der Waals surface area contributed by atoms with Crippen molar-refractivity contribution in [2.75, 3.05) is 53.2 Å². The van der Waals surface area contributed by atoms with Crippen LogP contribution >= 0.6 is 0 Å². The van der Waals surface area contributed by atoms with Crippen molar-refractivity contribution in [3.05, 3.63) is 0 Å². The Morgan fingerprint density at radius 1 is 1.62 bits per heavy atom. The summed E-state index contributed by atoms with van der Waals surface area (Å²) >= 11 is 0. The normalized spacial score (nSPS) is 20.7. The van der Waals surface area contributed by atoms with Crippen molar-refractivity contribution in [2.45, 2.75) is 6.10 Å². The molecule has 6 nitrogen and oxygen atoms in total. The van der Waals surface area contributed by atoms with Crippen LogP contribution in [0.4, 0.5) is 0 Å². The Hall–Kier alpha value is -0.690. The average Bonchev–Trinajstić information content (AvgIpc) is 2.31. The van der Waals surface area contributed by atoms with E-state index in [1.54, 1.807) is 7.11 Å². The SMILES string of the molecule is COCCNC(=O)COCC1CNCCO1. The third-order valence-electron chi connectivity index (χ3n) is 2.17. The quantitative estimate of drug-likeness (QED) is 0.537. The number of morpholine rings is 1. The zero-order valence-electron chi connectivity index (χ0n) is 9.66. The molecule has 0 aromatic heterocycles. The van der Waals surface area contributed by atoms with E-state index in [0.717, 1.165) is 13.1 Å². The van der Waals surface area contributed by atoms with Gasteiger partial charge < -0.3 is 24.8 Å². The molecule has 2 N–H and O–H groups in total. The van der Waals surface area contributed by atoms with E-state index < -0.39 is 0 Å². The first-order valence-electron chi connectivity index (χ1n) is 5.48. The topological polar surface area (TPSA) is 68.8 Å². The van der Waals surface area contributed by atoms with E-state index in [1.165, 1.54) is 0 Å². The summed E-state index contributed by atoms with van der Waals surface area (Å²) in [7, 11) is 1.59. The van der Waals surface area contributed by atoms with Crippen LogP contribution < -0.4 is 10.6 Å². The molecule has 6 heteroatoms. The Morgan fingerprint density at radius 3 is 3.19 bits per heavy atom. The van der Waals surface area contributed by atoms with Gasteiger partial charge in [-0.15, -0.1) is 0 Å². The van der Waals surface area contributed by atoms with Gasteiger partial charge in [-0.3, -0.25) is 4.79 Å². The Bertz CT molecular complexity index is 195. The summed E-state index contributed by atoms with van der Waals surface area (Å²) < 4.78 is 15.5. The third kappa shape index (κ3) is 6.02. The number of methoxy groups -OCH3 is 1. The summed E-state index contributed by atoms with van der Waals surface area (Å²) in [6.07, 6.45) is 0.0560. The summed E-state index contributed by atoms with van der Waals surface area (Å²) in [6.45, 7) is 3.92. The minimum atomic E-state index is -0.124. The molecular weight excluding hydrogens is 212 g/mol. The number of hydrogen-bond acceptors (Lipinski definition) is 5. The van der Waals surface area contributed by atoms with Crippen LogP contribution in [0.1, 0.15) is 0 Å². The second-order valence-electron chi connectivity index (χ2n) is 3.55. The van der Waals surface area contributed by atoms with E-state index in [1.807, 2.05) is 0 Å². The van der Waals surface area contributed by atoms with Gasteiger partial charge in [0.15, 0.2) is 0 Å². The zero-order chi connectivity index (χ0) is 11.6. The van der Waals surface area contributed by atoms with Gasteiger partial charge in [0.1, 0.15) is 6.61 Å². The molecule has 1 amide bonds. The van der Waals surface area contributed by atoms with Gasteiger partial charge >= 0.3 is 0 Å². The molecule has 0 aliphatic carbocycles. The summed E-state index contributed by atoms with van der Waals surface area (Å²) in [5, 5.41) is 5.87. The van der Waals surface area contributed by atoms with Gasteiger partial charge in [0.25, 0.3) is 0 Å². The second kappa shape index (κ2) is 8.46. The lowest BCUT2D eigenvalue weighted by Gasteiger charge is -2.23. The number of nitrogens with one attached hydrogen (secondary N) is 2. The van der Waals surface area contributed by atoms with Gasteiger partial charge in [-0.25, -0.2) is 0 Å². The van der Waals surface area contributed by atoms with Crippen LogP contribution in [0.2, 0.25) is 0 Å². The lowest BCUT2D eigenvalue weighted by atomic mass is 10.3. The Kier molecular flexibility index (Phi) is 7.07. The predicted molar refractivity (Wildman–Crippen MR) is 58.3 cm³/mol. The maximum absolute atomic E-state index is 11.2. The maximum atomic E-state index is 11.2. The number of amides is 1. The van der Waals surface area contributed by atoms with Crippen LogP contribution in [0.15, 0.2) is 0 Å². The molecule has 0 saturated carbocycles. The highest BCUT2D eigenvalue weighted by Crippen LogP contribution is 1.96. The highest BCUT2D eigenvalue weighted by atomic mass is 16.5. The van der Waals surface area contributed by atoms with E-state index in [2.05, 4.69) is 10.6 Å².